The van der Waals surface area contributed by atoms with Crippen LogP contribution in [0.25, 0.3) is 10.9 Å². The third kappa shape index (κ3) is 3.13. The quantitative estimate of drug-likeness (QED) is 0.752. The molecule has 1 amide bonds. The molecule has 2 aromatic heterocycles. The minimum absolute atomic E-state index is 0.156. The Morgan fingerprint density at radius 1 is 1.37 bits per heavy atom. The van der Waals surface area contributed by atoms with E-state index in [0.29, 0.717) is 17.8 Å². The number of benzene rings is 1. The number of fused-ring (bicyclic) bond motifs is 1. The predicted molar refractivity (Wildman–Crippen MR) is 103 cm³/mol. The Kier molecular flexibility index (Phi) is 4.30. The Hall–Kier alpha value is -2.96. The van der Waals surface area contributed by atoms with Crippen molar-refractivity contribution in [2.24, 2.45) is 13.0 Å². The van der Waals surface area contributed by atoms with Crippen LogP contribution in [0.1, 0.15) is 47.6 Å². The zero-order valence-corrected chi connectivity index (χ0v) is 15.8. The molecule has 0 saturated heterocycles. The first-order chi connectivity index (χ1) is 13.0. The van der Waals surface area contributed by atoms with E-state index in [4.69, 9.17) is 0 Å². The number of amides is 1. The number of carbonyl (C=O) groups is 1. The first-order valence-corrected chi connectivity index (χ1v) is 9.28. The molecule has 1 aromatic carbocycles. The van der Waals surface area contributed by atoms with Crippen molar-refractivity contribution in [3.8, 4) is 0 Å². The molecule has 1 atom stereocenters. The third-order valence-electron chi connectivity index (χ3n) is 5.19. The van der Waals surface area contributed by atoms with Gasteiger partial charge in [0.15, 0.2) is 0 Å². The lowest BCUT2D eigenvalue weighted by atomic mass is 10.1. The Morgan fingerprint density at radius 2 is 2.15 bits per heavy atom. The first kappa shape index (κ1) is 17.5. The molecule has 0 radical (unpaired) electrons. The van der Waals surface area contributed by atoms with Crippen LogP contribution in [0.5, 0.6) is 0 Å². The largest absolute Gasteiger partial charge is 0.350 e. The van der Waals surface area contributed by atoms with E-state index in [2.05, 4.69) is 15.4 Å². The minimum atomic E-state index is -0.360. The first-order valence-electron chi connectivity index (χ1n) is 9.28. The Labute approximate surface area is 157 Å². The van der Waals surface area contributed by atoms with Crippen LogP contribution in [0.15, 0.2) is 35.5 Å². The number of aromatic nitrogens is 4. The molecular weight excluding hydrogens is 342 g/mol. The number of nitrogens with one attached hydrogen (secondary N) is 1. The highest BCUT2D eigenvalue weighted by molar-refractivity contribution is 5.97. The van der Waals surface area contributed by atoms with Gasteiger partial charge in [-0.1, -0.05) is 11.6 Å². The Balaban J connectivity index is 1.72. The van der Waals surface area contributed by atoms with Crippen molar-refractivity contribution in [3.05, 3.63) is 57.9 Å². The Morgan fingerprint density at radius 3 is 2.85 bits per heavy atom. The maximum atomic E-state index is 13.0. The van der Waals surface area contributed by atoms with Crippen LogP contribution < -0.4 is 10.7 Å². The van der Waals surface area contributed by atoms with E-state index in [-0.39, 0.29) is 22.9 Å². The minimum Gasteiger partial charge on any atom is -0.350 e. The molecule has 1 aliphatic rings. The van der Waals surface area contributed by atoms with Crippen LogP contribution in [-0.2, 0) is 13.6 Å². The normalized spacial score (nSPS) is 15.1. The van der Waals surface area contributed by atoms with Gasteiger partial charge in [-0.3, -0.25) is 9.59 Å². The topological polar surface area (TPSA) is 81.8 Å². The summed E-state index contributed by atoms with van der Waals surface area (Å²) in [6.45, 7) is 4.61. The van der Waals surface area contributed by atoms with Crippen LogP contribution in [-0.4, -0.2) is 25.2 Å². The van der Waals surface area contributed by atoms with Gasteiger partial charge in [0.25, 0.3) is 5.91 Å². The molecule has 1 saturated carbocycles. The molecule has 1 N–H and O–H groups in total. The maximum Gasteiger partial charge on any atom is 0.257 e. The van der Waals surface area contributed by atoms with Crippen LogP contribution in [0.4, 0.5) is 0 Å². The number of nitrogens with zero attached hydrogens (tertiary/aromatic N) is 4. The van der Waals surface area contributed by atoms with Gasteiger partial charge < -0.3 is 9.88 Å². The summed E-state index contributed by atoms with van der Waals surface area (Å²) in [7, 11) is 1.85. The molecule has 1 fully saturated rings. The fourth-order valence-electron chi connectivity index (χ4n) is 3.57. The van der Waals surface area contributed by atoms with Crippen molar-refractivity contribution in [1.82, 2.24) is 24.6 Å². The molecule has 1 aliphatic carbocycles. The second kappa shape index (κ2) is 6.64. The SMILES string of the molecule is CCn1ncnc1C(NC(=O)c1cn(C)c2ccc(C)cc2c1=O)C1CC1. The molecule has 2 heterocycles. The van der Waals surface area contributed by atoms with Gasteiger partial charge in [-0.2, -0.15) is 5.10 Å². The number of hydrogen-bond acceptors (Lipinski definition) is 4. The van der Waals surface area contributed by atoms with Gasteiger partial charge in [0.2, 0.25) is 5.43 Å². The molecular formula is C20H23N5O2. The number of carbonyl (C=O) groups excluding carboxylic acids is 1. The fourth-order valence-corrected chi connectivity index (χ4v) is 3.57. The number of rotatable bonds is 5. The van der Waals surface area contributed by atoms with E-state index in [1.54, 1.807) is 10.9 Å². The summed E-state index contributed by atoms with van der Waals surface area (Å²) in [5, 5.41) is 7.82. The predicted octanol–water partition coefficient (Wildman–Crippen LogP) is 2.34. The van der Waals surface area contributed by atoms with E-state index in [1.807, 2.05) is 43.7 Å². The van der Waals surface area contributed by atoms with Gasteiger partial charge in [0, 0.05) is 25.2 Å². The zero-order valence-electron chi connectivity index (χ0n) is 15.8. The lowest BCUT2D eigenvalue weighted by Gasteiger charge is -2.18. The van der Waals surface area contributed by atoms with E-state index >= 15 is 0 Å². The van der Waals surface area contributed by atoms with Crippen molar-refractivity contribution in [2.75, 3.05) is 0 Å². The summed E-state index contributed by atoms with van der Waals surface area (Å²) in [6.07, 6.45) is 5.20. The Bertz CT molecular complexity index is 1080. The lowest BCUT2D eigenvalue weighted by Crippen LogP contribution is -2.35. The number of pyridine rings is 1. The van der Waals surface area contributed by atoms with Crippen LogP contribution in [0.3, 0.4) is 0 Å². The standard InChI is InChI=1S/C20H23N5O2/c1-4-25-19(21-11-22-25)17(13-6-7-13)23-20(27)15-10-24(3)16-8-5-12(2)9-14(16)18(15)26/h5,8-11,13,17H,4,6-7H2,1-3H3,(H,23,27). The molecule has 0 spiro atoms. The summed E-state index contributed by atoms with van der Waals surface area (Å²) in [5.41, 5.74) is 1.72. The molecule has 1 unspecified atom stereocenters. The molecule has 140 valence electrons. The second-order valence-electron chi connectivity index (χ2n) is 7.23. The van der Waals surface area contributed by atoms with Crippen LogP contribution in [0, 0.1) is 12.8 Å². The monoisotopic (exact) mass is 365 g/mol. The molecule has 7 nitrogen and oxygen atoms in total. The molecule has 3 aromatic rings. The molecule has 7 heteroatoms. The number of hydrogen-bond donors (Lipinski definition) is 1. The van der Waals surface area contributed by atoms with Crippen molar-refractivity contribution in [1.29, 1.82) is 0 Å². The summed E-state index contributed by atoms with van der Waals surface area (Å²) >= 11 is 0. The highest BCUT2D eigenvalue weighted by atomic mass is 16.2. The molecule has 0 bridgehead atoms. The highest BCUT2D eigenvalue weighted by Gasteiger charge is 2.36. The highest BCUT2D eigenvalue weighted by Crippen LogP contribution is 2.40. The maximum absolute atomic E-state index is 13.0. The molecule has 4 rings (SSSR count). The fraction of sp³-hybridized carbons (Fsp3) is 0.400. The molecule has 0 aliphatic heterocycles. The van der Waals surface area contributed by atoms with Crippen molar-refractivity contribution in [3.63, 3.8) is 0 Å². The van der Waals surface area contributed by atoms with E-state index in [0.717, 1.165) is 29.7 Å². The zero-order chi connectivity index (χ0) is 19.1. The van der Waals surface area contributed by atoms with Gasteiger partial charge in [-0.15, -0.1) is 0 Å². The van der Waals surface area contributed by atoms with Gasteiger partial charge >= 0.3 is 0 Å². The smallest absolute Gasteiger partial charge is 0.257 e. The van der Waals surface area contributed by atoms with E-state index in [1.165, 1.54) is 6.33 Å². The second-order valence-corrected chi connectivity index (χ2v) is 7.23. The summed E-state index contributed by atoms with van der Waals surface area (Å²) < 4.78 is 3.62. The van der Waals surface area contributed by atoms with Gasteiger partial charge in [-0.05, 0) is 44.7 Å². The molecule has 27 heavy (non-hydrogen) atoms. The van der Waals surface area contributed by atoms with Gasteiger partial charge in [0.1, 0.15) is 17.7 Å². The van der Waals surface area contributed by atoms with Crippen molar-refractivity contribution >= 4 is 16.8 Å². The van der Waals surface area contributed by atoms with E-state index < -0.39 is 0 Å². The summed E-state index contributed by atoms with van der Waals surface area (Å²) in [4.78, 5) is 30.3. The van der Waals surface area contributed by atoms with Crippen LogP contribution in [0.2, 0.25) is 0 Å². The summed E-state index contributed by atoms with van der Waals surface area (Å²) in [5.74, 6) is 0.735. The average Bonchev–Trinajstić information content (AvgIpc) is 3.39. The van der Waals surface area contributed by atoms with Gasteiger partial charge in [0.05, 0.1) is 11.6 Å². The van der Waals surface area contributed by atoms with Crippen molar-refractivity contribution in [2.45, 2.75) is 39.3 Å². The van der Waals surface area contributed by atoms with Crippen molar-refractivity contribution < 1.29 is 4.79 Å². The van der Waals surface area contributed by atoms with Crippen LogP contribution >= 0.6 is 0 Å². The third-order valence-corrected chi connectivity index (χ3v) is 5.19. The number of aryl methyl sites for hydroxylation is 3. The lowest BCUT2D eigenvalue weighted by molar-refractivity contribution is 0.0927. The van der Waals surface area contributed by atoms with E-state index in [9.17, 15) is 9.59 Å². The summed E-state index contributed by atoms with van der Waals surface area (Å²) in [6, 6.07) is 5.48. The average molecular weight is 365 g/mol. The van der Waals surface area contributed by atoms with Gasteiger partial charge in [-0.25, -0.2) is 9.67 Å².